The Labute approximate surface area is 133 Å². The summed E-state index contributed by atoms with van der Waals surface area (Å²) in [7, 11) is 0. The van der Waals surface area contributed by atoms with Crippen molar-refractivity contribution in [1.82, 2.24) is 0 Å². The van der Waals surface area contributed by atoms with Crippen LogP contribution >= 0.6 is 11.6 Å². The number of ether oxygens (including phenoxy) is 2. The van der Waals surface area contributed by atoms with Crippen LogP contribution in [-0.4, -0.2) is 19.2 Å². The number of nitrogens with one attached hydrogen (secondary N) is 2. The molecule has 6 heteroatoms. The van der Waals surface area contributed by atoms with Crippen LogP contribution in [0.15, 0.2) is 36.4 Å². The van der Waals surface area contributed by atoms with Crippen LogP contribution < -0.4 is 20.1 Å². The van der Waals surface area contributed by atoms with E-state index in [1.807, 2.05) is 19.1 Å². The molecule has 0 radical (unpaired) electrons. The Morgan fingerprint density at radius 3 is 2.86 bits per heavy atom. The average molecular weight is 319 g/mol. The third-order valence-corrected chi connectivity index (χ3v) is 3.53. The lowest BCUT2D eigenvalue weighted by Crippen LogP contribution is -2.22. The minimum atomic E-state index is -0.154. The second-order valence-corrected chi connectivity index (χ2v) is 5.37. The first-order valence-corrected chi connectivity index (χ1v) is 7.19. The van der Waals surface area contributed by atoms with E-state index in [2.05, 4.69) is 10.6 Å². The Balaban J connectivity index is 1.59. The topological polar surface area (TPSA) is 59.6 Å². The van der Waals surface area contributed by atoms with Gasteiger partial charge in [-0.25, -0.2) is 0 Å². The number of anilines is 2. The zero-order valence-corrected chi connectivity index (χ0v) is 12.7. The van der Waals surface area contributed by atoms with Crippen LogP contribution in [0.3, 0.4) is 0 Å². The average Bonchev–Trinajstić information content (AvgIpc) is 2.96. The third-order valence-electron chi connectivity index (χ3n) is 3.30. The third kappa shape index (κ3) is 3.26. The molecule has 0 bridgehead atoms. The second kappa shape index (κ2) is 6.15. The highest BCUT2D eigenvalue weighted by molar-refractivity contribution is 6.30. The summed E-state index contributed by atoms with van der Waals surface area (Å²) in [6, 6.07) is 10.8. The Kier molecular flexibility index (Phi) is 4.06. The molecule has 22 heavy (non-hydrogen) atoms. The first-order chi connectivity index (χ1) is 10.6. The number of fused-ring (bicyclic) bond motifs is 1. The molecule has 1 amide bonds. The molecule has 1 aliphatic rings. The van der Waals surface area contributed by atoms with E-state index in [1.54, 1.807) is 24.3 Å². The molecule has 2 N–H and O–H groups in total. The van der Waals surface area contributed by atoms with Gasteiger partial charge < -0.3 is 20.1 Å². The van der Waals surface area contributed by atoms with Gasteiger partial charge in [0, 0.05) is 22.5 Å². The SMILES string of the molecule is Cc1ccc(Cl)cc1NCC(=O)Nc1ccc2c(c1)OCO2. The number of hydrogen-bond donors (Lipinski definition) is 2. The van der Waals surface area contributed by atoms with Crippen molar-refractivity contribution in [3.63, 3.8) is 0 Å². The molecule has 0 aliphatic carbocycles. The number of hydrogen-bond acceptors (Lipinski definition) is 4. The molecule has 1 heterocycles. The summed E-state index contributed by atoms with van der Waals surface area (Å²) >= 11 is 5.95. The van der Waals surface area contributed by atoms with Crippen LogP contribution in [0.1, 0.15) is 5.56 Å². The van der Waals surface area contributed by atoms with Gasteiger partial charge in [0.05, 0.1) is 6.54 Å². The lowest BCUT2D eigenvalue weighted by atomic mass is 10.2. The predicted molar refractivity (Wildman–Crippen MR) is 85.9 cm³/mol. The Morgan fingerprint density at radius 1 is 1.18 bits per heavy atom. The largest absolute Gasteiger partial charge is 0.454 e. The van der Waals surface area contributed by atoms with Crippen molar-refractivity contribution in [3.05, 3.63) is 47.0 Å². The molecule has 114 valence electrons. The van der Waals surface area contributed by atoms with Gasteiger partial charge in [0.2, 0.25) is 12.7 Å². The van der Waals surface area contributed by atoms with Crippen molar-refractivity contribution >= 4 is 28.9 Å². The van der Waals surface area contributed by atoms with Crippen LogP contribution in [0.4, 0.5) is 11.4 Å². The molecule has 3 rings (SSSR count). The molecule has 0 aromatic heterocycles. The summed E-state index contributed by atoms with van der Waals surface area (Å²) in [5.74, 6) is 1.17. The lowest BCUT2D eigenvalue weighted by Gasteiger charge is -2.10. The normalized spacial score (nSPS) is 12.1. The fraction of sp³-hybridized carbons (Fsp3) is 0.188. The van der Waals surface area contributed by atoms with Gasteiger partial charge in [0.15, 0.2) is 11.5 Å². The first-order valence-electron chi connectivity index (χ1n) is 6.81. The standard InChI is InChI=1S/C16H15ClN2O3/c1-10-2-3-11(17)6-13(10)18-8-16(20)19-12-4-5-14-15(7-12)22-9-21-14/h2-7,18H,8-9H2,1H3,(H,19,20). The van der Waals surface area contributed by atoms with E-state index in [1.165, 1.54) is 0 Å². The molecular weight excluding hydrogens is 304 g/mol. The van der Waals surface area contributed by atoms with Crippen molar-refractivity contribution in [2.24, 2.45) is 0 Å². The van der Waals surface area contributed by atoms with E-state index >= 15 is 0 Å². The van der Waals surface area contributed by atoms with Crippen molar-refractivity contribution < 1.29 is 14.3 Å². The Morgan fingerprint density at radius 2 is 2.00 bits per heavy atom. The fourth-order valence-corrected chi connectivity index (χ4v) is 2.31. The molecular formula is C16H15ClN2O3. The van der Waals surface area contributed by atoms with Gasteiger partial charge in [0.25, 0.3) is 0 Å². The smallest absolute Gasteiger partial charge is 0.243 e. The summed E-state index contributed by atoms with van der Waals surface area (Å²) in [4.78, 5) is 12.0. The molecule has 2 aromatic rings. The zero-order valence-electron chi connectivity index (χ0n) is 12.0. The molecule has 0 atom stereocenters. The van der Waals surface area contributed by atoms with E-state index in [9.17, 15) is 4.79 Å². The van der Waals surface area contributed by atoms with Crippen LogP contribution in [0.25, 0.3) is 0 Å². The highest BCUT2D eigenvalue weighted by Gasteiger charge is 2.14. The van der Waals surface area contributed by atoms with Crippen LogP contribution in [0.5, 0.6) is 11.5 Å². The van der Waals surface area contributed by atoms with Gasteiger partial charge in [-0.3, -0.25) is 4.79 Å². The molecule has 0 unspecified atom stereocenters. The first kappa shape index (κ1) is 14.5. The quantitative estimate of drug-likeness (QED) is 0.906. The highest BCUT2D eigenvalue weighted by Crippen LogP contribution is 2.34. The van der Waals surface area contributed by atoms with Crippen molar-refractivity contribution in [2.45, 2.75) is 6.92 Å². The van der Waals surface area contributed by atoms with Crippen LogP contribution in [0.2, 0.25) is 5.02 Å². The van der Waals surface area contributed by atoms with E-state index in [-0.39, 0.29) is 19.2 Å². The molecule has 0 saturated carbocycles. The molecule has 0 fully saturated rings. The maximum Gasteiger partial charge on any atom is 0.243 e. The van der Waals surface area contributed by atoms with Gasteiger partial charge >= 0.3 is 0 Å². The van der Waals surface area contributed by atoms with Crippen LogP contribution in [0, 0.1) is 6.92 Å². The second-order valence-electron chi connectivity index (χ2n) is 4.93. The van der Waals surface area contributed by atoms with Crippen molar-refractivity contribution in [2.75, 3.05) is 24.0 Å². The number of amides is 1. The number of halogens is 1. The van der Waals surface area contributed by atoms with Crippen molar-refractivity contribution in [3.8, 4) is 11.5 Å². The van der Waals surface area contributed by atoms with E-state index in [4.69, 9.17) is 21.1 Å². The van der Waals surface area contributed by atoms with Gasteiger partial charge in [0.1, 0.15) is 0 Å². The van der Waals surface area contributed by atoms with Gasteiger partial charge in [-0.1, -0.05) is 17.7 Å². The molecule has 5 nitrogen and oxygen atoms in total. The number of carbonyl (C=O) groups excluding carboxylic acids is 1. The summed E-state index contributed by atoms with van der Waals surface area (Å²) in [6.45, 7) is 2.31. The fourth-order valence-electron chi connectivity index (χ4n) is 2.14. The predicted octanol–water partition coefficient (Wildman–Crippen LogP) is 3.43. The maximum absolute atomic E-state index is 12.0. The van der Waals surface area contributed by atoms with Crippen LogP contribution in [-0.2, 0) is 4.79 Å². The molecule has 1 aliphatic heterocycles. The van der Waals surface area contributed by atoms with E-state index in [0.717, 1.165) is 11.3 Å². The number of aryl methyl sites for hydroxylation is 1. The minimum Gasteiger partial charge on any atom is -0.454 e. The van der Waals surface area contributed by atoms with E-state index < -0.39 is 0 Å². The Bertz CT molecular complexity index is 719. The summed E-state index contributed by atoms with van der Waals surface area (Å²) in [5, 5.41) is 6.51. The Hall–Kier alpha value is -2.40. The van der Waals surface area contributed by atoms with Gasteiger partial charge in [-0.05, 0) is 36.8 Å². The molecule has 0 saturated heterocycles. The summed E-state index contributed by atoms with van der Waals surface area (Å²) in [5.41, 5.74) is 2.53. The number of benzene rings is 2. The lowest BCUT2D eigenvalue weighted by molar-refractivity contribution is -0.114. The molecule has 2 aromatic carbocycles. The van der Waals surface area contributed by atoms with Crippen molar-refractivity contribution in [1.29, 1.82) is 0 Å². The molecule has 0 spiro atoms. The monoisotopic (exact) mass is 318 g/mol. The van der Waals surface area contributed by atoms with Gasteiger partial charge in [-0.15, -0.1) is 0 Å². The minimum absolute atomic E-state index is 0.148. The summed E-state index contributed by atoms with van der Waals surface area (Å²) in [6.07, 6.45) is 0. The summed E-state index contributed by atoms with van der Waals surface area (Å²) < 4.78 is 10.5. The number of rotatable bonds is 4. The zero-order chi connectivity index (χ0) is 15.5. The van der Waals surface area contributed by atoms with Gasteiger partial charge in [-0.2, -0.15) is 0 Å². The number of carbonyl (C=O) groups is 1. The highest BCUT2D eigenvalue weighted by atomic mass is 35.5. The maximum atomic E-state index is 12.0. The van der Waals surface area contributed by atoms with E-state index in [0.29, 0.717) is 22.2 Å².